The number of nitrogens with one attached hydrogen (secondary N) is 2. The van der Waals surface area contributed by atoms with Gasteiger partial charge in [0.2, 0.25) is 0 Å². The molecular weight excluding hydrogens is 252 g/mol. The van der Waals surface area contributed by atoms with Crippen molar-refractivity contribution in [1.82, 2.24) is 15.3 Å². The summed E-state index contributed by atoms with van der Waals surface area (Å²) in [6.07, 6.45) is 7.23. The van der Waals surface area contributed by atoms with E-state index in [2.05, 4.69) is 20.6 Å². The number of benzene rings is 1. The fourth-order valence-electron chi connectivity index (χ4n) is 1.89. The summed E-state index contributed by atoms with van der Waals surface area (Å²) in [7, 11) is 0. The topological polar surface area (TPSA) is 66.9 Å². The Kier molecular flexibility index (Phi) is 3.58. The summed E-state index contributed by atoms with van der Waals surface area (Å²) in [5, 5.41) is 6.25. The lowest BCUT2D eigenvalue weighted by molar-refractivity contribution is 0.0951. The predicted molar refractivity (Wildman–Crippen MR) is 76.3 cm³/mol. The van der Waals surface area contributed by atoms with Crippen LogP contribution in [0.1, 0.15) is 28.8 Å². The van der Waals surface area contributed by atoms with Crippen molar-refractivity contribution >= 4 is 11.6 Å². The smallest absolute Gasteiger partial charge is 0.251 e. The first-order valence-electron chi connectivity index (χ1n) is 6.70. The fourth-order valence-corrected chi connectivity index (χ4v) is 1.89. The number of carbonyl (C=O) groups is 1. The minimum Gasteiger partial charge on any atom is -0.381 e. The molecule has 1 fully saturated rings. The molecule has 0 atom stereocenters. The predicted octanol–water partition coefficient (Wildman–Crippen LogP) is 1.98. The lowest BCUT2D eigenvalue weighted by Gasteiger charge is -2.08. The van der Waals surface area contributed by atoms with E-state index in [0.29, 0.717) is 18.2 Å². The third-order valence-corrected chi connectivity index (χ3v) is 3.15. The molecule has 5 heteroatoms. The van der Waals surface area contributed by atoms with Crippen molar-refractivity contribution in [3.63, 3.8) is 0 Å². The number of aromatic nitrogens is 2. The van der Waals surface area contributed by atoms with Gasteiger partial charge in [-0.1, -0.05) is 6.07 Å². The fraction of sp³-hybridized carbons (Fsp3) is 0.267. The van der Waals surface area contributed by atoms with Crippen LogP contribution in [0.5, 0.6) is 0 Å². The van der Waals surface area contributed by atoms with E-state index in [1.807, 2.05) is 24.3 Å². The Morgan fingerprint density at radius 1 is 1.25 bits per heavy atom. The van der Waals surface area contributed by atoms with Gasteiger partial charge in [0.1, 0.15) is 6.33 Å². The maximum atomic E-state index is 12.0. The molecule has 102 valence electrons. The van der Waals surface area contributed by atoms with Crippen molar-refractivity contribution in [1.29, 1.82) is 0 Å². The largest absolute Gasteiger partial charge is 0.381 e. The van der Waals surface area contributed by atoms with Gasteiger partial charge in [0.05, 0.1) is 0 Å². The Hall–Kier alpha value is -2.43. The zero-order valence-electron chi connectivity index (χ0n) is 11.0. The Bertz CT molecular complexity index is 596. The van der Waals surface area contributed by atoms with E-state index in [9.17, 15) is 4.79 Å². The van der Waals surface area contributed by atoms with Gasteiger partial charge < -0.3 is 10.6 Å². The Balaban J connectivity index is 1.63. The highest BCUT2D eigenvalue weighted by Crippen LogP contribution is 2.20. The van der Waals surface area contributed by atoms with Crippen LogP contribution in [-0.4, -0.2) is 21.9 Å². The number of rotatable bonds is 5. The average molecular weight is 268 g/mol. The second-order valence-electron chi connectivity index (χ2n) is 4.93. The van der Waals surface area contributed by atoms with E-state index in [-0.39, 0.29) is 5.91 Å². The molecule has 2 aromatic rings. The summed E-state index contributed by atoms with van der Waals surface area (Å²) >= 11 is 0. The van der Waals surface area contributed by atoms with Crippen molar-refractivity contribution < 1.29 is 4.79 Å². The zero-order valence-corrected chi connectivity index (χ0v) is 11.0. The van der Waals surface area contributed by atoms with Crippen molar-refractivity contribution in [3.05, 3.63) is 54.1 Å². The molecule has 0 bridgehead atoms. The maximum absolute atomic E-state index is 12.0. The second-order valence-corrected chi connectivity index (χ2v) is 4.93. The first-order valence-corrected chi connectivity index (χ1v) is 6.70. The Morgan fingerprint density at radius 2 is 2.05 bits per heavy atom. The lowest BCUT2D eigenvalue weighted by atomic mass is 10.2. The number of hydrogen-bond donors (Lipinski definition) is 2. The van der Waals surface area contributed by atoms with Crippen molar-refractivity contribution in [3.8, 4) is 0 Å². The van der Waals surface area contributed by atoms with Crippen molar-refractivity contribution in [2.24, 2.45) is 0 Å². The van der Waals surface area contributed by atoms with Gasteiger partial charge in [-0.15, -0.1) is 0 Å². The molecule has 0 radical (unpaired) electrons. The molecular formula is C15H16N4O. The molecule has 5 nitrogen and oxygen atoms in total. The third kappa shape index (κ3) is 3.32. The van der Waals surface area contributed by atoms with Crippen LogP contribution in [0.4, 0.5) is 5.69 Å². The van der Waals surface area contributed by atoms with Gasteiger partial charge >= 0.3 is 0 Å². The zero-order chi connectivity index (χ0) is 13.8. The molecule has 1 amide bonds. The molecule has 1 saturated carbocycles. The molecule has 1 aromatic carbocycles. The Morgan fingerprint density at radius 3 is 2.80 bits per heavy atom. The van der Waals surface area contributed by atoms with Crippen LogP contribution in [0.25, 0.3) is 0 Å². The van der Waals surface area contributed by atoms with E-state index >= 15 is 0 Å². The number of carbonyl (C=O) groups excluding carboxylic acids is 1. The van der Waals surface area contributed by atoms with Crippen LogP contribution in [0, 0.1) is 0 Å². The molecule has 20 heavy (non-hydrogen) atoms. The number of hydrogen-bond acceptors (Lipinski definition) is 4. The van der Waals surface area contributed by atoms with Gasteiger partial charge in [0.25, 0.3) is 5.91 Å². The molecule has 1 heterocycles. The van der Waals surface area contributed by atoms with Crippen LogP contribution < -0.4 is 10.6 Å². The molecule has 1 aromatic heterocycles. The van der Waals surface area contributed by atoms with Crippen molar-refractivity contribution in [2.45, 2.75) is 25.4 Å². The number of amides is 1. The average Bonchev–Trinajstić information content (AvgIpc) is 3.30. The molecule has 0 saturated heterocycles. The highest BCUT2D eigenvalue weighted by molar-refractivity contribution is 5.95. The first-order chi connectivity index (χ1) is 9.81. The number of anilines is 1. The summed E-state index contributed by atoms with van der Waals surface area (Å²) in [4.78, 5) is 19.9. The van der Waals surface area contributed by atoms with Gasteiger partial charge in [-0.3, -0.25) is 4.79 Å². The molecule has 1 aliphatic carbocycles. The SMILES string of the molecule is O=C(NC1CC1)c1cccc(NCc2cncnc2)c1. The standard InChI is InChI=1S/C15H16N4O/c20-15(19-13-4-5-13)12-2-1-3-14(6-12)18-9-11-7-16-10-17-8-11/h1-3,6-8,10,13,18H,4-5,9H2,(H,19,20). The molecule has 3 rings (SSSR count). The minimum absolute atomic E-state index is 0.000746. The summed E-state index contributed by atoms with van der Waals surface area (Å²) in [6.45, 7) is 0.633. The third-order valence-electron chi connectivity index (χ3n) is 3.15. The van der Waals surface area contributed by atoms with Gasteiger partial charge in [-0.2, -0.15) is 0 Å². The molecule has 2 N–H and O–H groups in total. The highest BCUT2D eigenvalue weighted by Gasteiger charge is 2.23. The van der Waals surface area contributed by atoms with Crippen molar-refractivity contribution in [2.75, 3.05) is 5.32 Å². The van der Waals surface area contributed by atoms with Crippen LogP contribution in [0.2, 0.25) is 0 Å². The van der Waals surface area contributed by atoms with Gasteiger partial charge in [-0.05, 0) is 31.0 Å². The summed E-state index contributed by atoms with van der Waals surface area (Å²) in [5.74, 6) is -0.000746. The molecule has 0 unspecified atom stereocenters. The van der Waals surface area contributed by atoms with E-state index in [1.165, 1.54) is 6.33 Å². The minimum atomic E-state index is -0.000746. The highest BCUT2D eigenvalue weighted by atomic mass is 16.1. The van der Waals surface area contributed by atoms with Gasteiger partial charge in [0.15, 0.2) is 0 Å². The summed E-state index contributed by atoms with van der Waals surface area (Å²) < 4.78 is 0. The van der Waals surface area contributed by atoms with Crippen LogP contribution >= 0.6 is 0 Å². The van der Waals surface area contributed by atoms with Gasteiger partial charge in [0, 0.05) is 41.8 Å². The van der Waals surface area contributed by atoms with Crippen LogP contribution in [-0.2, 0) is 6.54 Å². The summed E-state index contributed by atoms with van der Waals surface area (Å²) in [5.41, 5.74) is 2.60. The monoisotopic (exact) mass is 268 g/mol. The van der Waals surface area contributed by atoms with Gasteiger partial charge in [-0.25, -0.2) is 9.97 Å². The maximum Gasteiger partial charge on any atom is 0.251 e. The summed E-state index contributed by atoms with van der Waals surface area (Å²) in [6, 6.07) is 7.89. The number of nitrogens with zero attached hydrogens (tertiary/aromatic N) is 2. The van der Waals surface area contributed by atoms with E-state index < -0.39 is 0 Å². The lowest BCUT2D eigenvalue weighted by Crippen LogP contribution is -2.25. The van der Waals surface area contributed by atoms with E-state index in [4.69, 9.17) is 0 Å². The van der Waals surface area contributed by atoms with Crippen LogP contribution in [0.3, 0.4) is 0 Å². The van der Waals surface area contributed by atoms with E-state index in [1.54, 1.807) is 12.4 Å². The first kappa shape index (κ1) is 12.6. The van der Waals surface area contributed by atoms with Crippen LogP contribution in [0.15, 0.2) is 43.0 Å². The van der Waals surface area contributed by atoms with E-state index in [0.717, 1.165) is 24.1 Å². The normalized spacial score (nSPS) is 13.8. The molecule has 0 aliphatic heterocycles. The Labute approximate surface area is 117 Å². The molecule has 1 aliphatic rings. The quantitative estimate of drug-likeness (QED) is 0.870. The second kappa shape index (κ2) is 5.69. The molecule has 0 spiro atoms.